The third-order valence-corrected chi connectivity index (χ3v) is 4.55. The molecular formula is C19H28N2O2. The zero-order chi connectivity index (χ0) is 16.7. The van der Waals surface area contributed by atoms with Crippen molar-refractivity contribution in [1.29, 1.82) is 0 Å². The van der Waals surface area contributed by atoms with E-state index in [4.69, 9.17) is 0 Å². The maximum atomic E-state index is 12.2. The zero-order valence-corrected chi connectivity index (χ0v) is 14.3. The molecule has 1 saturated carbocycles. The van der Waals surface area contributed by atoms with Crippen LogP contribution in [-0.2, 0) is 16.0 Å². The lowest BCUT2D eigenvalue weighted by Crippen LogP contribution is -2.36. The second-order valence-corrected chi connectivity index (χ2v) is 6.44. The molecule has 4 heteroatoms. The van der Waals surface area contributed by atoms with E-state index in [1.165, 1.54) is 25.7 Å². The van der Waals surface area contributed by atoms with Crippen LogP contribution in [0.1, 0.15) is 63.0 Å². The molecule has 1 aliphatic rings. The Morgan fingerprint density at radius 1 is 1.09 bits per heavy atom. The fourth-order valence-corrected chi connectivity index (χ4v) is 3.23. The predicted molar refractivity (Wildman–Crippen MR) is 93.4 cm³/mol. The summed E-state index contributed by atoms with van der Waals surface area (Å²) in [7, 11) is 0. The van der Waals surface area contributed by atoms with Crippen LogP contribution in [-0.4, -0.2) is 17.9 Å². The van der Waals surface area contributed by atoms with Gasteiger partial charge in [0.2, 0.25) is 11.8 Å². The molecule has 23 heavy (non-hydrogen) atoms. The first-order chi connectivity index (χ1) is 11.1. The second-order valence-electron chi connectivity index (χ2n) is 6.44. The summed E-state index contributed by atoms with van der Waals surface area (Å²) in [5, 5.41) is 5.93. The number of para-hydroxylation sites is 1. The number of amides is 2. The molecule has 2 amide bonds. The van der Waals surface area contributed by atoms with Gasteiger partial charge in [-0.3, -0.25) is 9.59 Å². The summed E-state index contributed by atoms with van der Waals surface area (Å²) in [5.41, 5.74) is 2.98. The van der Waals surface area contributed by atoms with E-state index in [0.717, 1.165) is 36.1 Å². The highest BCUT2D eigenvalue weighted by atomic mass is 16.2. The number of nitrogens with one attached hydrogen (secondary N) is 2. The average molecular weight is 316 g/mol. The van der Waals surface area contributed by atoms with Gasteiger partial charge in [-0.1, -0.05) is 50.8 Å². The number of benzene rings is 1. The molecule has 0 unspecified atom stereocenters. The van der Waals surface area contributed by atoms with E-state index in [2.05, 4.69) is 17.6 Å². The summed E-state index contributed by atoms with van der Waals surface area (Å²) < 4.78 is 0. The van der Waals surface area contributed by atoms with Crippen molar-refractivity contribution in [1.82, 2.24) is 5.32 Å². The monoisotopic (exact) mass is 316 g/mol. The lowest BCUT2D eigenvalue weighted by atomic mass is 10.1. The van der Waals surface area contributed by atoms with Gasteiger partial charge in [-0.25, -0.2) is 0 Å². The molecule has 0 bridgehead atoms. The van der Waals surface area contributed by atoms with Crippen LogP contribution in [0, 0.1) is 6.92 Å². The minimum absolute atomic E-state index is 0.103. The van der Waals surface area contributed by atoms with Gasteiger partial charge in [0, 0.05) is 11.7 Å². The Labute approximate surface area is 139 Å². The summed E-state index contributed by atoms with van der Waals surface area (Å²) in [6, 6.07) is 6.21. The number of carbonyl (C=O) groups is 2. The average Bonchev–Trinajstić information content (AvgIpc) is 2.77. The van der Waals surface area contributed by atoms with Crippen LogP contribution in [0.4, 0.5) is 5.69 Å². The van der Waals surface area contributed by atoms with E-state index in [9.17, 15) is 9.59 Å². The van der Waals surface area contributed by atoms with Gasteiger partial charge in [0.1, 0.15) is 6.42 Å². The van der Waals surface area contributed by atoms with E-state index in [-0.39, 0.29) is 24.3 Å². The molecule has 0 aliphatic heterocycles. The molecule has 0 heterocycles. The van der Waals surface area contributed by atoms with Crippen molar-refractivity contribution < 1.29 is 9.59 Å². The van der Waals surface area contributed by atoms with Gasteiger partial charge < -0.3 is 10.6 Å². The van der Waals surface area contributed by atoms with Crippen molar-refractivity contribution in [3.63, 3.8) is 0 Å². The first kappa shape index (κ1) is 17.5. The molecule has 1 aromatic carbocycles. The Morgan fingerprint density at radius 2 is 1.78 bits per heavy atom. The first-order valence-corrected chi connectivity index (χ1v) is 8.78. The van der Waals surface area contributed by atoms with Gasteiger partial charge in [0.05, 0.1) is 0 Å². The van der Waals surface area contributed by atoms with Crippen LogP contribution >= 0.6 is 0 Å². The molecular weight excluding hydrogens is 288 g/mol. The van der Waals surface area contributed by atoms with E-state index in [1.54, 1.807) is 0 Å². The SMILES string of the molecule is CCc1cccc(C)c1NC(=O)CC(=O)NC1CCCCCC1. The predicted octanol–water partition coefficient (Wildman–Crippen LogP) is 3.73. The molecule has 126 valence electrons. The minimum atomic E-state index is -0.236. The van der Waals surface area contributed by atoms with Gasteiger partial charge in [-0.15, -0.1) is 0 Å². The van der Waals surface area contributed by atoms with Gasteiger partial charge in [0.25, 0.3) is 0 Å². The van der Waals surface area contributed by atoms with E-state index in [1.807, 2.05) is 25.1 Å². The van der Waals surface area contributed by atoms with Crippen LogP contribution in [0.2, 0.25) is 0 Å². The van der Waals surface area contributed by atoms with Gasteiger partial charge in [-0.2, -0.15) is 0 Å². The van der Waals surface area contributed by atoms with Crippen molar-refractivity contribution in [3.8, 4) is 0 Å². The first-order valence-electron chi connectivity index (χ1n) is 8.78. The Balaban J connectivity index is 1.88. The molecule has 0 atom stereocenters. The number of carbonyl (C=O) groups excluding carboxylic acids is 2. The Bertz CT molecular complexity index is 546. The number of aryl methyl sites for hydroxylation is 2. The number of hydrogen-bond acceptors (Lipinski definition) is 2. The number of anilines is 1. The highest BCUT2D eigenvalue weighted by Crippen LogP contribution is 2.21. The Hall–Kier alpha value is -1.84. The van der Waals surface area contributed by atoms with Crippen molar-refractivity contribution in [2.75, 3.05) is 5.32 Å². The molecule has 0 saturated heterocycles. The summed E-state index contributed by atoms with van der Waals surface area (Å²) in [6.45, 7) is 4.03. The topological polar surface area (TPSA) is 58.2 Å². The van der Waals surface area contributed by atoms with E-state index in [0.29, 0.717) is 0 Å². The zero-order valence-electron chi connectivity index (χ0n) is 14.3. The Morgan fingerprint density at radius 3 is 2.43 bits per heavy atom. The fourth-order valence-electron chi connectivity index (χ4n) is 3.23. The molecule has 0 aromatic heterocycles. The fraction of sp³-hybridized carbons (Fsp3) is 0.579. The standard InChI is InChI=1S/C19H28N2O2/c1-3-15-10-8-9-14(2)19(15)21-18(23)13-17(22)20-16-11-6-4-5-7-12-16/h8-10,16H,3-7,11-13H2,1-2H3,(H,20,22)(H,21,23). The molecule has 1 aromatic rings. The van der Waals surface area contributed by atoms with Gasteiger partial charge >= 0.3 is 0 Å². The van der Waals surface area contributed by atoms with Crippen LogP contribution in [0.15, 0.2) is 18.2 Å². The number of hydrogen-bond donors (Lipinski definition) is 2. The molecule has 0 spiro atoms. The molecule has 2 N–H and O–H groups in total. The maximum absolute atomic E-state index is 12.2. The van der Waals surface area contributed by atoms with Crippen LogP contribution in [0.25, 0.3) is 0 Å². The van der Waals surface area contributed by atoms with E-state index >= 15 is 0 Å². The Kier molecular flexibility index (Phi) is 6.63. The quantitative estimate of drug-likeness (QED) is 0.642. The lowest BCUT2D eigenvalue weighted by molar-refractivity contribution is -0.127. The van der Waals surface area contributed by atoms with Crippen molar-refractivity contribution in [2.24, 2.45) is 0 Å². The minimum Gasteiger partial charge on any atom is -0.353 e. The smallest absolute Gasteiger partial charge is 0.233 e. The van der Waals surface area contributed by atoms with Crippen LogP contribution < -0.4 is 10.6 Å². The van der Waals surface area contributed by atoms with Gasteiger partial charge in [-0.05, 0) is 37.3 Å². The summed E-state index contributed by atoms with van der Waals surface area (Å²) in [4.78, 5) is 24.3. The van der Waals surface area contributed by atoms with Crippen molar-refractivity contribution >= 4 is 17.5 Å². The summed E-state index contributed by atoms with van der Waals surface area (Å²) in [5.74, 6) is -0.402. The van der Waals surface area contributed by atoms with Crippen molar-refractivity contribution in [3.05, 3.63) is 29.3 Å². The highest BCUT2D eigenvalue weighted by Gasteiger charge is 2.17. The molecule has 1 aliphatic carbocycles. The van der Waals surface area contributed by atoms with E-state index < -0.39 is 0 Å². The lowest BCUT2D eigenvalue weighted by Gasteiger charge is -2.17. The molecule has 1 fully saturated rings. The van der Waals surface area contributed by atoms with Crippen molar-refractivity contribution in [2.45, 2.75) is 71.3 Å². The molecule has 0 radical (unpaired) electrons. The number of rotatable bonds is 5. The largest absolute Gasteiger partial charge is 0.353 e. The summed E-state index contributed by atoms with van der Waals surface area (Å²) >= 11 is 0. The normalized spacial score (nSPS) is 15.7. The third-order valence-electron chi connectivity index (χ3n) is 4.55. The molecule has 2 rings (SSSR count). The van der Waals surface area contributed by atoms with Crippen LogP contribution in [0.3, 0.4) is 0 Å². The third kappa shape index (κ3) is 5.38. The maximum Gasteiger partial charge on any atom is 0.233 e. The second kappa shape index (κ2) is 8.70. The highest BCUT2D eigenvalue weighted by molar-refractivity contribution is 6.04. The van der Waals surface area contributed by atoms with Crippen LogP contribution in [0.5, 0.6) is 0 Å². The van der Waals surface area contributed by atoms with Gasteiger partial charge in [0.15, 0.2) is 0 Å². The summed E-state index contributed by atoms with van der Waals surface area (Å²) in [6.07, 6.45) is 7.65. The molecule has 4 nitrogen and oxygen atoms in total.